The molecule has 1 saturated heterocycles. The highest BCUT2D eigenvalue weighted by molar-refractivity contribution is 5.93. The zero-order valence-corrected chi connectivity index (χ0v) is 10.9. The summed E-state index contributed by atoms with van der Waals surface area (Å²) >= 11 is 0. The van der Waals surface area contributed by atoms with Crippen molar-refractivity contribution in [2.24, 2.45) is 5.92 Å². The van der Waals surface area contributed by atoms with Gasteiger partial charge in [0.15, 0.2) is 0 Å². The van der Waals surface area contributed by atoms with Gasteiger partial charge in [0, 0.05) is 31.5 Å². The molecule has 0 aliphatic carbocycles. The van der Waals surface area contributed by atoms with Gasteiger partial charge >= 0.3 is 5.97 Å². The predicted octanol–water partition coefficient (Wildman–Crippen LogP) is 1.50. The lowest BCUT2D eigenvalue weighted by molar-refractivity contribution is -0.385. The average Bonchev–Trinajstić information content (AvgIpc) is 2.46. The third kappa shape index (κ3) is 2.88. The number of rotatable bonds is 4. The molecule has 1 aliphatic rings. The third-order valence-corrected chi connectivity index (χ3v) is 3.55. The standard InChI is InChI=1S/C13H16N2O5/c16-8-9-2-1-5-14(7-9)10-3-4-11(13(17)18)12(6-10)15(19)20/h3-4,6,9,16H,1-2,5,7-8H2,(H,17,18). The van der Waals surface area contributed by atoms with Crippen LogP contribution in [0.3, 0.4) is 0 Å². The Kier molecular flexibility index (Phi) is 4.19. The van der Waals surface area contributed by atoms with Crippen LogP contribution in [0.5, 0.6) is 0 Å². The van der Waals surface area contributed by atoms with Crippen LogP contribution in [0.15, 0.2) is 18.2 Å². The fourth-order valence-electron chi connectivity index (χ4n) is 2.50. The maximum absolute atomic E-state index is 11.0. The molecule has 1 fully saturated rings. The van der Waals surface area contributed by atoms with Crippen LogP contribution in [0.2, 0.25) is 0 Å². The number of aromatic carboxylic acids is 1. The van der Waals surface area contributed by atoms with Crippen LogP contribution in [-0.2, 0) is 0 Å². The molecule has 1 atom stereocenters. The van der Waals surface area contributed by atoms with Crippen LogP contribution in [0.25, 0.3) is 0 Å². The first-order valence-corrected chi connectivity index (χ1v) is 6.40. The molecule has 0 aromatic heterocycles. The molecule has 0 spiro atoms. The Morgan fingerprint density at radius 3 is 2.85 bits per heavy atom. The smallest absolute Gasteiger partial charge is 0.342 e. The van der Waals surface area contributed by atoms with Gasteiger partial charge in [-0.25, -0.2) is 4.79 Å². The minimum Gasteiger partial charge on any atom is -0.477 e. The van der Waals surface area contributed by atoms with E-state index in [1.165, 1.54) is 12.1 Å². The van der Waals surface area contributed by atoms with Crippen molar-refractivity contribution in [1.82, 2.24) is 0 Å². The summed E-state index contributed by atoms with van der Waals surface area (Å²) in [5, 5.41) is 29.1. The van der Waals surface area contributed by atoms with Crippen LogP contribution in [0.4, 0.5) is 11.4 Å². The number of benzene rings is 1. The average molecular weight is 280 g/mol. The molecule has 0 bridgehead atoms. The van der Waals surface area contributed by atoms with Gasteiger partial charge < -0.3 is 15.1 Å². The highest BCUT2D eigenvalue weighted by atomic mass is 16.6. The van der Waals surface area contributed by atoms with E-state index in [1.807, 2.05) is 4.90 Å². The molecule has 7 heteroatoms. The molecule has 0 saturated carbocycles. The van der Waals surface area contributed by atoms with Crippen molar-refractivity contribution in [3.05, 3.63) is 33.9 Å². The molecule has 0 radical (unpaired) electrons. The summed E-state index contributed by atoms with van der Waals surface area (Å²) in [4.78, 5) is 23.2. The summed E-state index contributed by atoms with van der Waals surface area (Å²) in [7, 11) is 0. The van der Waals surface area contributed by atoms with E-state index in [1.54, 1.807) is 6.07 Å². The molecule has 1 heterocycles. The van der Waals surface area contributed by atoms with Crippen molar-refractivity contribution in [3.8, 4) is 0 Å². The topological polar surface area (TPSA) is 104 Å². The SMILES string of the molecule is O=C(O)c1ccc(N2CCCC(CO)C2)cc1[N+](=O)[O-]. The van der Waals surface area contributed by atoms with E-state index in [9.17, 15) is 20.0 Å². The van der Waals surface area contributed by atoms with Crippen LogP contribution < -0.4 is 4.90 Å². The maximum Gasteiger partial charge on any atom is 0.342 e. The normalized spacial score (nSPS) is 18.9. The lowest BCUT2D eigenvalue weighted by Gasteiger charge is -2.33. The molecule has 1 aromatic rings. The number of nitrogens with zero attached hydrogens (tertiary/aromatic N) is 2. The Morgan fingerprint density at radius 1 is 1.50 bits per heavy atom. The molecule has 20 heavy (non-hydrogen) atoms. The highest BCUT2D eigenvalue weighted by Crippen LogP contribution is 2.28. The summed E-state index contributed by atoms with van der Waals surface area (Å²) in [5.41, 5.74) is -0.0876. The summed E-state index contributed by atoms with van der Waals surface area (Å²) in [6.45, 7) is 1.46. The van der Waals surface area contributed by atoms with Crippen LogP contribution in [-0.4, -0.2) is 40.8 Å². The largest absolute Gasteiger partial charge is 0.477 e. The van der Waals surface area contributed by atoms with Crippen molar-refractivity contribution in [1.29, 1.82) is 0 Å². The highest BCUT2D eigenvalue weighted by Gasteiger charge is 2.24. The Balaban J connectivity index is 2.31. The number of carbonyl (C=O) groups is 1. The van der Waals surface area contributed by atoms with E-state index >= 15 is 0 Å². The van der Waals surface area contributed by atoms with Crippen LogP contribution in [0, 0.1) is 16.0 Å². The van der Waals surface area contributed by atoms with Gasteiger partial charge in [0.1, 0.15) is 5.56 Å². The number of hydrogen-bond donors (Lipinski definition) is 2. The van der Waals surface area contributed by atoms with E-state index in [-0.39, 0.29) is 18.1 Å². The van der Waals surface area contributed by atoms with Crippen molar-refractivity contribution >= 4 is 17.3 Å². The molecule has 0 amide bonds. The first-order valence-electron chi connectivity index (χ1n) is 6.40. The fraction of sp³-hybridized carbons (Fsp3) is 0.462. The Hall–Kier alpha value is -2.15. The lowest BCUT2D eigenvalue weighted by atomic mass is 9.98. The van der Waals surface area contributed by atoms with Gasteiger partial charge in [-0.05, 0) is 30.9 Å². The van der Waals surface area contributed by atoms with E-state index in [0.29, 0.717) is 12.2 Å². The second-order valence-electron chi connectivity index (χ2n) is 4.90. The number of nitro benzene ring substituents is 1. The fourth-order valence-corrected chi connectivity index (χ4v) is 2.50. The van der Waals surface area contributed by atoms with Gasteiger partial charge in [-0.2, -0.15) is 0 Å². The van der Waals surface area contributed by atoms with E-state index in [2.05, 4.69) is 0 Å². The number of hydrogen-bond acceptors (Lipinski definition) is 5. The van der Waals surface area contributed by atoms with Crippen molar-refractivity contribution in [2.45, 2.75) is 12.8 Å². The van der Waals surface area contributed by atoms with Crippen LogP contribution >= 0.6 is 0 Å². The minimum absolute atomic E-state index is 0.0891. The Labute approximate surface area is 115 Å². The van der Waals surface area contributed by atoms with E-state index in [4.69, 9.17) is 5.11 Å². The summed E-state index contributed by atoms with van der Waals surface area (Å²) in [6, 6.07) is 4.14. The first-order chi connectivity index (χ1) is 9.52. The van der Waals surface area contributed by atoms with Gasteiger partial charge in [-0.3, -0.25) is 10.1 Å². The Bertz CT molecular complexity index is 531. The maximum atomic E-state index is 11.0. The second kappa shape index (κ2) is 5.87. The molecule has 2 rings (SSSR count). The number of carboxylic acid groups (broad SMARTS) is 1. The molecule has 1 unspecified atom stereocenters. The Morgan fingerprint density at radius 2 is 2.25 bits per heavy atom. The number of nitro groups is 1. The zero-order chi connectivity index (χ0) is 14.7. The molecular formula is C13H16N2O5. The van der Waals surface area contributed by atoms with E-state index in [0.717, 1.165) is 19.4 Å². The van der Waals surface area contributed by atoms with Gasteiger partial charge in [-0.1, -0.05) is 0 Å². The van der Waals surface area contributed by atoms with E-state index < -0.39 is 16.6 Å². The first kappa shape index (κ1) is 14.3. The molecule has 108 valence electrons. The quantitative estimate of drug-likeness (QED) is 0.639. The number of piperidine rings is 1. The number of carboxylic acids is 1. The zero-order valence-electron chi connectivity index (χ0n) is 10.9. The second-order valence-corrected chi connectivity index (χ2v) is 4.90. The lowest BCUT2D eigenvalue weighted by Crippen LogP contribution is -2.36. The number of aliphatic hydroxyl groups excluding tert-OH is 1. The van der Waals surface area contributed by atoms with Gasteiger partial charge in [-0.15, -0.1) is 0 Å². The van der Waals surface area contributed by atoms with Gasteiger partial charge in [0.25, 0.3) is 5.69 Å². The van der Waals surface area contributed by atoms with Gasteiger partial charge in [0.2, 0.25) is 0 Å². The molecule has 2 N–H and O–H groups in total. The monoisotopic (exact) mass is 280 g/mol. The minimum atomic E-state index is -1.31. The van der Waals surface area contributed by atoms with Gasteiger partial charge in [0.05, 0.1) is 4.92 Å². The summed E-state index contributed by atoms with van der Waals surface area (Å²) < 4.78 is 0. The molecule has 1 aliphatic heterocycles. The third-order valence-electron chi connectivity index (χ3n) is 3.55. The number of anilines is 1. The van der Waals surface area contributed by atoms with Crippen LogP contribution in [0.1, 0.15) is 23.2 Å². The molecule has 7 nitrogen and oxygen atoms in total. The number of aliphatic hydroxyl groups is 1. The van der Waals surface area contributed by atoms with Crippen molar-refractivity contribution in [2.75, 3.05) is 24.6 Å². The summed E-state index contributed by atoms with van der Waals surface area (Å²) in [6.07, 6.45) is 1.84. The molecular weight excluding hydrogens is 264 g/mol. The van der Waals surface area contributed by atoms with Crippen molar-refractivity contribution in [3.63, 3.8) is 0 Å². The molecule has 1 aromatic carbocycles. The summed E-state index contributed by atoms with van der Waals surface area (Å²) in [5.74, 6) is -1.16. The predicted molar refractivity (Wildman–Crippen MR) is 72.1 cm³/mol. The van der Waals surface area contributed by atoms with Crippen molar-refractivity contribution < 1.29 is 19.9 Å².